The fourth-order valence-corrected chi connectivity index (χ4v) is 3.30. The van der Waals surface area contributed by atoms with Crippen LogP contribution < -0.4 is 15.0 Å². The molecule has 1 aliphatic rings. The molecule has 1 aliphatic heterocycles. The second-order valence-corrected chi connectivity index (χ2v) is 6.45. The van der Waals surface area contributed by atoms with Gasteiger partial charge in [-0.3, -0.25) is 4.90 Å². The zero-order valence-electron chi connectivity index (χ0n) is 14.8. The van der Waals surface area contributed by atoms with Crippen molar-refractivity contribution < 1.29 is 4.74 Å². The Balaban J connectivity index is 1.93. The highest BCUT2D eigenvalue weighted by Gasteiger charge is 2.23. The largest absolute Gasteiger partial charge is 0.497 e. The molecule has 0 bridgehead atoms. The maximum Gasteiger partial charge on any atom is 0.118 e. The molecule has 1 atom stereocenters. The Morgan fingerprint density at radius 3 is 1.96 bits per heavy atom. The minimum atomic E-state index is 0.286. The number of rotatable bonds is 5. The van der Waals surface area contributed by atoms with Gasteiger partial charge in [-0.2, -0.15) is 0 Å². The Hall–Kier alpha value is -2.04. The Bertz CT molecular complexity index is 631. The van der Waals surface area contributed by atoms with Crippen LogP contribution >= 0.6 is 0 Å². The van der Waals surface area contributed by atoms with Gasteiger partial charge in [0.15, 0.2) is 0 Å². The number of hydrogen-bond donors (Lipinski definition) is 1. The van der Waals surface area contributed by atoms with Crippen LogP contribution in [0.1, 0.15) is 17.2 Å². The van der Waals surface area contributed by atoms with Crippen LogP contribution in [0.15, 0.2) is 48.5 Å². The minimum Gasteiger partial charge on any atom is -0.497 e. The lowest BCUT2D eigenvalue weighted by atomic mass is 9.96. The summed E-state index contributed by atoms with van der Waals surface area (Å²) >= 11 is 0. The van der Waals surface area contributed by atoms with E-state index >= 15 is 0 Å². The van der Waals surface area contributed by atoms with E-state index in [0.29, 0.717) is 0 Å². The van der Waals surface area contributed by atoms with Crippen molar-refractivity contribution in [1.29, 1.82) is 0 Å². The monoisotopic (exact) mass is 325 g/mol. The third-order valence-corrected chi connectivity index (χ3v) is 4.67. The Morgan fingerprint density at radius 2 is 1.46 bits per heavy atom. The summed E-state index contributed by atoms with van der Waals surface area (Å²) in [7, 11) is 5.86. The molecule has 1 unspecified atom stereocenters. The van der Waals surface area contributed by atoms with Crippen molar-refractivity contribution in [3.05, 3.63) is 59.7 Å². The second-order valence-electron chi connectivity index (χ2n) is 6.45. The number of ether oxygens (including phenoxy) is 1. The number of nitrogens with one attached hydrogen (secondary N) is 1. The molecule has 24 heavy (non-hydrogen) atoms. The van der Waals surface area contributed by atoms with Crippen LogP contribution in [0, 0.1) is 0 Å². The van der Waals surface area contributed by atoms with Crippen LogP contribution in [-0.4, -0.2) is 52.3 Å². The van der Waals surface area contributed by atoms with Crippen molar-refractivity contribution >= 4 is 5.69 Å². The molecule has 0 aromatic heterocycles. The van der Waals surface area contributed by atoms with E-state index in [1.54, 1.807) is 7.11 Å². The summed E-state index contributed by atoms with van der Waals surface area (Å²) in [5, 5.41) is 3.45. The average Bonchev–Trinajstić information content (AvgIpc) is 2.64. The van der Waals surface area contributed by atoms with Crippen molar-refractivity contribution in [3.63, 3.8) is 0 Å². The Labute approximate surface area is 145 Å². The van der Waals surface area contributed by atoms with E-state index in [0.717, 1.165) is 31.9 Å². The molecule has 1 N–H and O–H groups in total. The highest BCUT2D eigenvalue weighted by molar-refractivity contribution is 5.48. The van der Waals surface area contributed by atoms with Crippen LogP contribution in [0.4, 0.5) is 5.69 Å². The van der Waals surface area contributed by atoms with Gasteiger partial charge in [0.25, 0.3) is 0 Å². The maximum atomic E-state index is 5.31. The molecule has 2 aromatic rings. The number of methoxy groups -OCH3 is 1. The SMILES string of the molecule is COc1ccc(C(c2ccc(N(C)C)cc2)N2CCNCC2)cc1. The third kappa shape index (κ3) is 3.71. The van der Waals surface area contributed by atoms with Crippen molar-refractivity contribution in [2.45, 2.75) is 6.04 Å². The van der Waals surface area contributed by atoms with Crippen LogP contribution in [0.5, 0.6) is 5.75 Å². The van der Waals surface area contributed by atoms with Gasteiger partial charge in [-0.25, -0.2) is 0 Å². The first-order valence-electron chi connectivity index (χ1n) is 8.55. The first kappa shape index (κ1) is 16.8. The fraction of sp³-hybridized carbons (Fsp3) is 0.400. The summed E-state index contributed by atoms with van der Waals surface area (Å²) in [4.78, 5) is 4.69. The fourth-order valence-electron chi connectivity index (χ4n) is 3.30. The number of anilines is 1. The van der Waals surface area contributed by atoms with Gasteiger partial charge in [0.05, 0.1) is 13.2 Å². The van der Waals surface area contributed by atoms with Gasteiger partial charge >= 0.3 is 0 Å². The molecular formula is C20H27N3O. The minimum absolute atomic E-state index is 0.286. The topological polar surface area (TPSA) is 27.7 Å². The van der Waals surface area contributed by atoms with E-state index in [1.807, 2.05) is 0 Å². The predicted molar refractivity (Wildman–Crippen MR) is 100 cm³/mol. The number of benzene rings is 2. The molecule has 0 spiro atoms. The molecule has 4 heteroatoms. The quantitative estimate of drug-likeness (QED) is 0.915. The van der Waals surface area contributed by atoms with Crippen LogP contribution in [-0.2, 0) is 0 Å². The summed E-state index contributed by atoms with van der Waals surface area (Å²) in [5.74, 6) is 0.903. The molecule has 128 valence electrons. The molecular weight excluding hydrogens is 298 g/mol. The van der Waals surface area contributed by atoms with Crippen LogP contribution in [0.3, 0.4) is 0 Å². The number of nitrogens with zero attached hydrogens (tertiary/aromatic N) is 2. The molecule has 1 saturated heterocycles. The zero-order chi connectivity index (χ0) is 16.9. The summed E-state index contributed by atoms with van der Waals surface area (Å²) in [6.07, 6.45) is 0. The third-order valence-electron chi connectivity index (χ3n) is 4.67. The molecule has 0 saturated carbocycles. The van der Waals surface area contributed by atoms with E-state index in [-0.39, 0.29) is 6.04 Å². The Kier molecular flexibility index (Phi) is 5.38. The van der Waals surface area contributed by atoms with E-state index in [9.17, 15) is 0 Å². The molecule has 0 aliphatic carbocycles. The van der Waals surface area contributed by atoms with Crippen molar-refractivity contribution in [1.82, 2.24) is 10.2 Å². The maximum absolute atomic E-state index is 5.31. The lowest BCUT2D eigenvalue weighted by Gasteiger charge is -2.35. The van der Waals surface area contributed by atoms with Gasteiger partial charge in [0.2, 0.25) is 0 Å². The number of piperazine rings is 1. The molecule has 0 amide bonds. The lowest BCUT2D eigenvalue weighted by molar-refractivity contribution is 0.198. The summed E-state index contributed by atoms with van der Waals surface area (Å²) in [5.41, 5.74) is 3.88. The van der Waals surface area contributed by atoms with E-state index in [4.69, 9.17) is 4.74 Å². The van der Waals surface area contributed by atoms with Crippen LogP contribution in [0.25, 0.3) is 0 Å². The van der Waals surface area contributed by atoms with E-state index < -0.39 is 0 Å². The molecule has 1 heterocycles. The van der Waals surface area contributed by atoms with Gasteiger partial charge in [-0.15, -0.1) is 0 Å². The predicted octanol–water partition coefficient (Wildman–Crippen LogP) is 2.76. The second kappa shape index (κ2) is 7.69. The number of hydrogen-bond acceptors (Lipinski definition) is 4. The van der Waals surface area contributed by atoms with Crippen molar-refractivity contribution in [3.8, 4) is 5.75 Å². The van der Waals surface area contributed by atoms with Gasteiger partial charge < -0.3 is 15.0 Å². The first-order valence-corrected chi connectivity index (χ1v) is 8.55. The van der Waals surface area contributed by atoms with Crippen molar-refractivity contribution in [2.75, 3.05) is 52.3 Å². The molecule has 2 aromatic carbocycles. The van der Waals surface area contributed by atoms with E-state index in [1.165, 1.54) is 16.8 Å². The van der Waals surface area contributed by atoms with Crippen LogP contribution in [0.2, 0.25) is 0 Å². The average molecular weight is 325 g/mol. The molecule has 1 fully saturated rings. The van der Waals surface area contributed by atoms with Gasteiger partial charge in [-0.1, -0.05) is 24.3 Å². The molecule has 3 rings (SSSR count). The summed E-state index contributed by atoms with van der Waals surface area (Å²) in [6, 6.07) is 17.7. The lowest BCUT2D eigenvalue weighted by Crippen LogP contribution is -2.45. The highest BCUT2D eigenvalue weighted by atomic mass is 16.5. The van der Waals surface area contributed by atoms with Gasteiger partial charge in [0, 0.05) is 46.0 Å². The standard InChI is InChI=1S/C20H27N3O/c1-22(2)18-8-4-16(5-9-18)20(23-14-12-21-13-15-23)17-6-10-19(24-3)11-7-17/h4-11,20-21H,12-15H2,1-3H3. The zero-order valence-corrected chi connectivity index (χ0v) is 14.8. The molecule has 0 radical (unpaired) electrons. The smallest absolute Gasteiger partial charge is 0.118 e. The summed E-state index contributed by atoms with van der Waals surface area (Å²) < 4.78 is 5.31. The first-order chi connectivity index (χ1) is 11.7. The highest BCUT2D eigenvalue weighted by Crippen LogP contribution is 2.31. The van der Waals surface area contributed by atoms with Gasteiger partial charge in [0.1, 0.15) is 5.75 Å². The normalized spacial score (nSPS) is 16.6. The van der Waals surface area contributed by atoms with Gasteiger partial charge in [-0.05, 0) is 35.4 Å². The van der Waals surface area contributed by atoms with Crippen molar-refractivity contribution in [2.24, 2.45) is 0 Å². The molecule has 4 nitrogen and oxygen atoms in total. The summed E-state index contributed by atoms with van der Waals surface area (Å²) in [6.45, 7) is 4.21. The van der Waals surface area contributed by atoms with E-state index in [2.05, 4.69) is 77.7 Å². The Morgan fingerprint density at radius 1 is 0.917 bits per heavy atom.